The summed E-state index contributed by atoms with van der Waals surface area (Å²) in [6, 6.07) is 6.85. The molecular formula is C12H16FN. The zero-order valence-electron chi connectivity index (χ0n) is 8.63. The van der Waals surface area contributed by atoms with E-state index in [0.717, 1.165) is 12.1 Å². The topological polar surface area (TPSA) is 12.0 Å². The molecule has 2 heteroatoms. The highest BCUT2D eigenvalue weighted by molar-refractivity contribution is 5.19. The molecule has 1 rings (SSSR count). The molecule has 0 aliphatic heterocycles. The Hall–Kier alpha value is -1.15. The van der Waals surface area contributed by atoms with Gasteiger partial charge in [0.1, 0.15) is 5.82 Å². The predicted octanol–water partition coefficient (Wildman–Crippen LogP) is 3.05. The van der Waals surface area contributed by atoms with Crippen LogP contribution in [0.15, 0.2) is 36.4 Å². The molecule has 1 nitrogen and oxygen atoms in total. The highest BCUT2D eigenvalue weighted by atomic mass is 19.1. The van der Waals surface area contributed by atoms with Gasteiger partial charge in [-0.15, -0.1) is 0 Å². The zero-order chi connectivity index (χ0) is 10.4. The first-order valence-electron chi connectivity index (χ1n) is 4.84. The molecular weight excluding hydrogens is 177 g/mol. The summed E-state index contributed by atoms with van der Waals surface area (Å²) >= 11 is 0. The lowest BCUT2D eigenvalue weighted by Crippen LogP contribution is -2.18. The molecule has 0 saturated heterocycles. The van der Waals surface area contributed by atoms with Gasteiger partial charge in [-0.05, 0) is 31.5 Å². The van der Waals surface area contributed by atoms with Crippen LogP contribution in [-0.4, -0.2) is 6.54 Å². The number of halogens is 1. The molecule has 1 aromatic rings. The van der Waals surface area contributed by atoms with Crippen LogP contribution in [0, 0.1) is 5.82 Å². The van der Waals surface area contributed by atoms with Crippen LogP contribution in [0.25, 0.3) is 0 Å². The second-order valence-electron chi connectivity index (χ2n) is 3.25. The van der Waals surface area contributed by atoms with E-state index in [1.54, 1.807) is 0 Å². The Balaban J connectivity index is 2.51. The second kappa shape index (κ2) is 5.55. The van der Waals surface area contributed by atoms with Crippen LogP contribution < -0.4 is 5.32 Å². The molecule has 0 fully saturated rings. The number of allylic oxidation sites excluding steroid dienone is 1. The lowest BCUT2D eigenvalue weighted by atomic mass is 10.1. The third-order valence-electron chi connectivity index (χ3n) is 2.15. The van der Waals surface area contributed by atoms with E-state index in [0.29, 0.717) is 0 Å². The van der Waals surface area contributed by atoms with Gasteiger partial charge in [-0.2, -0.15) is 0 Å². The maximum Gasteiger partial charge on any atom is 0.123 e. The van der Waals surface area contributed by atoms with Gasteiger partial charge >= 0.3 is 0 Å². The molecule has 0 radical (unpaired) electrons. The summed E-state index contributed by atoms with van der Waals surface area (Å²) in [7, 11) is 0. The van der Waals surface area contributed by atoms with Crippen LogP contribution >= 0.6 is 0 Å². The van der Waals surface area contributed by atoms with Crippen molar-refractivity contribution in [1.82, 2.24) is 5.32 Å². The second-order valence-corrected chi connectivity index (χ2v) is 3.25. The van der Waals surface area contributed by atoms with E-state index in [9.17, 15) is 4.39 Å². The van der Waals surface area contributed by atoms with Crippen molar-refractivity contribution in [3.63, 3.8) is 0 Å². The molecule has 14 heavy (non-hydrogen) atoms. The Kier molecular flexibility index (Phi) is 4.33. The highest BCUT2D eigenvalue weighted by Gasteiger charge is 2.02. The van der Waals surface area contributed by atoms with Gasteiger partial charge in [-0.25, -0.2) is 4.39 Å². The molecule has 0 unspecified atom stereocenters. The summed E-state index contributed by atoms with van der Waals surface area (Å²) in [6.07, 6.45) is 4.06. The summed E-state index contributed by atoms with van der Waals surface area (Å²) in [5, 5.41) is 3.31. The highest BCUT2D eigenvalue weighted by Crippen LogP contribution is 2.12. The fraction of sp³-hybridized carbons (Fsp3) is 0.333. The number of benzene rings is 1. The normalized spacial score (nSPS) is 13.4. The maximum atomic E-state index is 12.6. The standard InChI is InChI=1S/C12H16FN/c1-3-4-9-14-10(2)11-5-7-12(13)8-6-11/h3-8,10,14H,9H2,1-2H3/b4-3+/t10-/m1/s1. The molecule has 0 saturated carbocycles. The first-order chi connectivity index (χ1) is 6.74. The molecule has 0 heterocycles. The summed E-state index contributed by atoms with van der Waals surface area (Å²) in [5.41, 5.74) is 1.11. The minimum Gasteiger partial charge on any atom is -0.307 e. The Labute approximate surface area is 84.6 Å². The van der Waals surface area contributed by atoms with E-state index in [1.165, 1.54) is 12.1 Å². The van der Waals surface area contributed by atoms with Crippen molar-refractivity contribution < 1.29 is 4.39 Å². The van der Waals surface area contributed by atoms with Crippen molar-refractivity contribution in [3.8, 4) is 0 Å². The van der Waals surface area contributed by atoms with Gasteiger partial charge in [0.25, 0.3) is 0 Å². The maximum absolute atomic E-state index is 12.6. The third kappa shape index (κ3) is 3.30. The molecule has 0 bridgehead atoms. The molecule has 0 aromatic heterocycles. The van der Waals surface area contributed by atoms with Crippen molar-refractivity contribution in [2.24, 2.45) is 0 Å². The Morgan fingerprint density at radius 3 is 2.57 bits per heavy atom. The summed E-state index contributed by atoms with van der Waals surface area (Å²) in [4.78, 5) is 0. The van der Waals surface area contributed by atoms with Crippen LogP contribution in [0.3, 0.4) is 0 Å². The Morgan fingerprint density at radius 2 is 2.00 bits per heavy atom. The van der Waals surface area contributed by atoms with Gasteiger partial charge in [0.05, 0.1) is 0 Å². The number of nitrogens with one attached hydrogen (secondary N) is 1. The molecule has 76 valence electrons. The first-order valence-corrected chi connectivity index (χ1v) is 4.84. The molecule has 1 aromatic carbocycles. The molecule has 1 N–H and O–H groups in total. The van der Waals surface area contributed by atoms with Crippen LogP contribution in [-0.2, 0) is 0 Å². The van der Waals surface area contributed by atoms with Crippen molar-refractivity contribution >= 4 is 0 Å². The summed E-state index contributed by atoms with van der Waals surface area (Å²) in [5.74, 6) is -0.186. The quantitative estimate of drug-likeness (QED) is 0.725. The Bertz CT molecular complexity index is 290. The summed E-state index contributed by atoms with van der Waals surface area (Å²) in [6.45, 7) is 4.90. The molecule has 0 aliphatic carbocycles. The Morgan fingerprint density at radius 1 is 1.36 bits per heavy atom. The van der Waals surface area contributed by atoms with Crippen LogP contribution in [0.5, 0.6) is 0 Å². The zero-order valence-corrected chi connectivity index (χ0v) is 8.63. The van der Waals surface area contributed by atoms with E-state index in [2.05, 4.69) is 18.3 Å². The van der Waals surface area contributed by atoms with Crippen LogP contribution in [0.1, 0.15) is 25.5 Å². The van der Waals surface area contributed by atoms with E-state index in [1.807, 2.05) is 25.1 Å². The van der Waals surface area contributed by atoms with E-state index >= 15 is 0 Å². The van der Waals surface area contributed by atoms with Crippen molar-refractivity contribution in [3.05, 3.63) is 47.8 Å². The van der Waals surface area contributed by atoms with Gasteiger partial charge in [0.2, 0.25) is 0 Å². The molecule has 1 atom stereocenters. The average molecular weight is 193 g/mol. The minimum absolute atomic E-state index is 0.186. The fourth-order valence-corrected chi connectivity index (χ4v) is 1.23. The largest absolute Gasteiger partial charge is 0.307 e. The van der Waals surface area contributed by atoms with Gasteiger partial charge in [-0.3, -0.25) is 0 Å². The number of hydrogen-bond acceptors (Lipinski definition) is 1. The third-order valence-corrected chi connectivity index (χ3v) is 2.15. The smallest absolute Gasteiger partial charge is 0.123 e. The number of hydrogen-bond donors (Lipinski definition) is 1. The monoisotopic (exact) mass is 193 g/mol. The SMILES string of the molecule is C/C=C/CN[C@H](C)c1ccc(F)cc1. The summed E-state index contributed by atoms with van der Waals surface area (Å²) < 4.78 is 12.6. The van der Waals surface area contributed by atoms with E-state index < -0.39 is 0 Å². The van der Waals surface area contributed by atoms with Gasteiger partial charge in [-0.1, -0.05) is 24.3 Å². The lowest BCUT2D eigenvalue weighted by Gasteiger charge is -2.12. The minimum atomic E-state index is -0.186. The van der Waals surface area contributed by atoms with Crippen molar-refractivity contribution in [2.75, 3.05) is 6.54 Å². The lowest BCUT2D eigenvalue weighted by molar-refractivity contribution is 0.605. The van der Waals surface area contributed by atoms with Gasteiger partial charge < -0.3 is 5.32 Å². The van der Waals surface area contributed by atoms with Crippen molar-refractivity contribution in [2.45, 2.75) is 19.9 Å². The molecule has 0 spiro atoms. The van der Waals surface area contributed by atoms with Crippen molar-refractivity contribution in [1.29, 1.82) is 0 Å². The average Bonchev–Trinajstić information content (AvgIpc) is 2.19. The predicted molar refractivity (Wildman–Crippen MR) is 57.6 cm³/mol. The first kappa shape index (κ1) is 10.9. The van der Waals surface area contributed by atoms with Gasteiger partial charge in [0.15, 0.2) is 0 Å². The van der Waals surface area contributed by atoms with Crippen LogP contribution in [0.4, 0.5) is 4.39 Å². The van der Waals surface area contributed by atoms with Crippen LogP contribution in [0.2, 0.25) is 0 Å². The van der Waals surface area contributed by atoms with E-state index in [4.69, 9.17) is 0 Å². The number of rotatable bonds is 4. The molecule has 0 aliphatic rings. The van der Waals surface area contributed by atoms with Gasteiger partial charge in [0, 0.05) is 12.6 Å². The molecule has 0 amide bonds. The van der Waals surface area contributed by atoms with E-state index in [-0.39, 0.29) is 11.9 Å². The fourth-order valence-electron chi connectivity index (χ4n) is 1.23.